The van der Waals surface area contributed by atoms with Gasteiger partial charge in [-0.2, -0.15) is 26.3 Å². The van der Waals surface area contributed by atoms with Crippen molar-refractivity contribution in [2.45, 2.75) is 37.7 Å². The fourth-order valence-corrected chi connectivity index (χ4v) is 5.07. The van der Waals surface area contributed by atoms with Crippen LogP contribution in [0.2, 0.25) is 0 Å². The van der Waals surface area contributed by atoms with E-state index < -0.39 is 31.3 Å². The van der Waals surface area contributed by atoms with Crippen molar-refractivity contribution in [3.05, 3.63) is 42.0 Å². The van der Waals surface area contributed by atoms with Crippen molar-refractivity contribution in [1.82, 2.24) is 0 Å². The Bertz CT molecular complexity index is 849. The van der Waals surface area contributed by atoms with Gasteiger partial charge < -0.3 is 9.11 Å². The minimum atomic E-state index is -6.09. The van der Waals surface area contributed by atoms with Crippen LogP contribution in [0.1, 0.15) is 26.7 Å². The van der Waals surface area contributed by atoms with Crippen LogP contribution in [0.4, 0.5) is 26.3 Å². The van der Waals surface area contributed by atoms with Gasteiger partial charge in [0.1, 0.15) is 0 Å². The van der Waals surface area contributed by atoms with Crippen molar-refractivity contribution in [2.24, 2.45) is 0 Å². The van der Waals surface area contributed by atoms with Gasteiger partial charge in [0.2, 0.25) is 0 Å². The molecule has 0 fully saturated rings. The first-order valence-corrected chi connectivity index (χ1v) is 12.6. The van der Waals surface area contributed by atoms with E-state index in [2.05, 4.69) is 38.2 Å². The molecule has 0 heterocycles. The quantitative estimate of drug-likeness (QED) is 0.296. The van der Waals surface area contributed by atoms with Crippen LogP contribution in [0, 0.1) is 0 Å². The van der Waals surface area contributed by atoms with Gasteiger partial charge in [0, 0.05) is 0 Å². The van der Waals surface area contributed by atoms with Crippen molar-refractivity contribution in [1.29, 1.82) is 0 Å². The predicted octanol–water partition coefficient (Wildman–Crippen LogP) is 3.64. The normalized spacial score (nSPS) is 16.9. The predicted molar refractivity (Wildman–Crippen MR) is 84.4 cm³/mol. The zero-order chi connectivity index (χ0) is 23.3. The average Bonchev–Trinajstić information content (AvgIpc) is 3.06. The van der Waals surface area contributed by atoms with Crippen molar-refractivity contribution in [2.75, 3.05) is 0 Å². The smallest absolute Gasteiger partial charge is 0.485 e. The molecule has 164 valence electrons. The van der Waals surface area contributed by atoms with Crippen LogP contribution >= 0.6 is 0 Å². The van der Waals surface area contributed by atoms with Crippen molar-refractivity contribution in [3.63, 3.8) is 0 Å². The van der Waals surface area contributed by atoms with Crippen LogP contribution in [0.5, 0.6) is 0 Å². The summed E-state index contributed by atoms with van der Waals surface area (Å²) in [4.78, 5) is 0. The molecule has 0 N–H and O–H groups in total. The van der Waals surface area contributed by atoms with Gasteiger partial charge >= 0.3 is 103 Å². The fraction of sp³-hybridized carbons (Fsp3) is 0.429. The fourth-order valence-electron chi connectivity index (χ4n) is 1.71. The molecule has 0 radical (unpaired) electrons. The molecule has 2 aliphatic rings. The van der Waals surface area contributed by atoms with Gasteiger partial charge in [-0.25, -0.2) is 16.8 Å². The van der Waals surface area contributed by atoms with E-state index in [1.54, 1.807) is 17.7 Å². The molecule has 0 saturated carbocycles. The molecule has 29 heavy (non-hydrogen) atoms. The van der Waals surface area contributed by atoms with Crippen LogP contribution in [0.15, 0.2) is 42.0 Å². The molecule has 15 heteroatoms. The first-order chi connectivity index (χ1) is 12.8. The average molecular weight is 548 g/mol. The standard InChI is InChI=1S/2C6H7.2CHF3O3S.Zr/c2*1-6-4-2-3-5-6;2*2-1(3,4)8(5,6)7;/h2*2,4H,3H2,1H3;2*(H,5,6,7);/q;;;;+2/p-2. The minimum Gasteiger partial charge on any atom is -0.741 e. The molecule has 0 aromatic rings. The monoisotopic (exact) mass is 546 g/mol. The molecule has 0 saturated heterocycles. The van der Waals surface area contributed by atoms with Crippen LogP contribution in [-0.4, -0.2) is 37.0 Å². The summed E-state index contributed by atoms with van der Waals surface area (Å²) in [5.74, 6) is 0. The van der Waals surface area contributed by atoms with E-state index in [9.17, 15) is 26.3 Å². The molecule has 2 aliphatic carbocycles. The van der Waals surface area contributed by atoms with Crippen molar-refractivity contribution < 1.29 is 75.5 Å². The van der Waals surface area contributed by atoms with E-state index in [1.807, 2.05) is 0 Å². The number of hydrogen-bond acceptors (Lipinski definition) is 6. The zero-order valence-electron chi connectivity index (χ0n) is 14.8. The summed E-state index contributed by atoms with van der Waals surface area (Å²) < 4.78 is 121. The van der Waals surface area contributed by atoms with E-state index in [-0.39, 0.29) is 23.2 Å². The van der Waals surface area contributed by atoms with Gasteiger partial charge in [-0.1, -0.05) is 0 Å². The van der Waals surface area contributed by atoms with Crippen molar-refractivity contribution in [3.8, 4) is 0 Å². The Balaban J connectivity index is 0.000000432. The molecule has 0 spiro atoms. The van der Waals surface area contributed by atoms with Crippen molar-refractivity contribution >= 4 is 20.2 Å². The molecular weight excluding hydrogens is 533 g/mol. The Morgan fingerprint density at radius 3 is 1.14 bits per heavy atom. The minimum absolute atomic E-state index is 0.385. The van der Waals surface area contributed by atoms with E-state index in [1.165, 1.54) is 12.8 Å². The van der Waals surface area contributed by atoms with Crippen LogP contribution in [0.3, 0.4) is 0 Å². The van der Waals surface area contributed by atoms with Gasteiger partial charge in [-0.3, -0.25) is 0 Å². The summed E-state index contributed by atoms with van der Waals surface area (Å²) in [5.41, 5.74) is -8.18. The molecule has 0 aliphatic heterocycles. The summed E-state index contributed by atoms with van der Waals surface area (Å²) >= 11 is -0.385. The van der Waals surface area contributed by atoms with Crippen LogP contribution < -0.4 is 0 Å². The third kappa shape index (κ3) is 10.2. The largest absolute Gasteiger partial charge is 0.741 e. The summed E-state index contributed by atoms with van der Waals surface area (Å²) in [6.45, 7) is 4.52. The van der Waals surface area contributed by atoms with E-state index in [0.29, 0.717) is 0 Å². The number of alkyl halides is 6. The number of hydrogen-bond donors (Lipinski definition) is 0. The van der Waals surface area contributed by atoms with Gasteiger partial charge in [0.05, 0.1) is 0 Å². The van der Waals surface area contributed by atoms with Crippen LogP contribution in [-0.2, 0) is 43.5 Å². The topological polar surface area (TPSA) is 114 Å². The Morgan fingerprint density at radius 2 is 1.00 bits per heavy atom. The van der Waals surface area contributed by atoms with E-state index in [4.69, 9.17) is 25.9 Å². The zero-order valence-corrected chi connectivity index (χ0v) is 18.8. The van der Waals surface area contributed by atoms with Crippen LogP contribution in [0.25, 0.3) is 0 Å². The summed E-state index contributed by atoms with van der Waals surface area (Å²) in [5, 5.41) is 0. The second kappa shape index (κ2) is 10.5. The first-order valence-electron chi connectivity index (χ1n) is 7.31. The third-order valence-electron chi connectivity index (χ3n) is 3.20. The number of allylic oxidation sites excluding steroid dienone is 8. The van der Waals surface area contributed by atoms with E-state index in [0.717, 1.165) is 0 Å². The summed E-state index contributed by atoms with van der Waals surface area (Å²) in [7, 11) is -12.2. The maximum atomic E-state index is 10.7. The molecular formula is C14H14F6O6S2Zr. The molecule has 6 nitrogen and oxygen atoms in total. The number of halogens is 6. The van der Waals surface area contributed by atoms with Gasteiger partial charge in [-0.15, -0.1) is 0 Å². The maximum Gasteiger partial charge on any atom is 0.485 e. The second-order valence-corrected chi connectivity index (χ2v) is 11.8. The maximum absolute atomic E-state index is 10.7. The second-order valence-electron chi connectivity index (χ2n) is 5.46. The Labute approximate surface area is 175 Å². The first kappa shape index (κ1) is 28.2. The molecule has 0 aromatic carbocycles. The molecule has 0 bridgehead atoms. The molecule has 0 aromatic heterocycles. The Morgan fingerprint density at radius 1 is 0.759 bits per heavy atom. The Kier molecular flexibility index (Phi) is 10.2. The molecule has 0 atom stereocenters. The van der Waals surface area contributed by atoms with Gasteiger partial charge in [0.25, 0.3) is 0 Å². The summed E-state index contributed by atoms with van der Waals surface area (Å²) in [6.07, 6.45) is 11.7. The molecule has 0 amide bonds. The van der Waals surface area contributed by atoms with Gasteiger partial charge in [0.15, 0.2) is 20.2 Å². The SMILES string of the molecule is CC1=[C]([Zr+2][C]2=C(C)C=CC2)CC=C1.O=S(=O)([O-])C(F)(F)F.O=S(=O)([O-])C(F)(F)F. The number of rotatable bonds is 2. The third-order valence-corrected chi connectivity index (χ3v) is 8.76. The van der Waals surface area contributed by atoms with E-state index >= 15 is 0 Å². The van der Waals surface area contributed by atoms with Gasteiger partial charge in [-0.05, 0) is 0 Å². The molecule has 2 rings (SSSR count). The summed E-state index contributed by atoms with van der Waals surface area (Å²) in [6, 6.07) is 0. The molecule has 0 unspecified atom stereocenters. The Hall–Kier alpha value is -0.757.